The number of oxazole rings is 1. The van der Waals surface area contributed by atoms with E-state index in [0.29, 0.717) is 38.5 Å². The maximum absolute atomic E-state index is 12.1. The highest BCUT2D eigenvalue weighted by molar-refractivity contribution is 6.36. The Kier molecular flexibility index (Phi) is 5.96. The van der Waals surface area contributed by atoms with Crippen LogP contribution in [-0.4, -0.2) is 15.8 Å². The van der Waals surface area contributed by atoms with Crippen LogP contribution in [0, 0.1) is 17.0 Å². The molecule has 0 aliphatic rings. The molecule has 0 saturated heterocycles. The number of nitro benzene ring substituents is 1. The molecule has 0 spiro atoms. The van der Waals surface area contributed by atoms with Crippen molar-refractivity contribution in [2.24, 2.45) is 0 Å². The molecule has 0 aliphatic carbocycles. The molecular weight excluding hydrogens is 405 g/mol. The van der Waals surface area contributed by atoms with Crippen molar-refractivity contribution in [1.29, 1.82) is 0 Å². The molecule has 28 heavy (non-hydrogen) atoms. The number of aryl methyl sites for hydroxylation is 2. The van der Waals surface area contributed by atoms with Gasteiger partial charge in [0.05, 0.1) is 16.1 Å². The average Bonchev–Trinajstić information content (AvgIpc) is 3.10. The molecule has 9 heteroatoms. The Hall–Kier alpha value is -2.90. The van der Waals surface area contributed by atoms with Crippen LogP contribution >= 0.6 is 23.2 Å². The smallest absolute Gasteiger partial charge is 0.274 e. The molecule has 1 heterocycles. The molecule has 0 radical (unpaired) electrons. The van der Waals surface area contributed by atoms with E-state index in [0.717, 1.165) is 0 Å². The van der Waals surface area contributed by atoms with Crippen molar-refractivity contribution < 1.29 is 14.1 Å². The van der Waals surface area contributed by atoms with E-state index in [1.165, 1.54) is 12.3 Å². The van der Waals surface area contributed by atoms with Gasteiger partial charge in [-0.1, -0.05) is 29.3 Å². The molecule has 0 bridgehead atoms. The summed E-state index contributed by atoms with van der Waals surface area (Å²) in [4.78, 5) is 26.8. The third kappa shape index (κ3) is 4.68. The number of carbonyl (C=O) groups is 1. The Morgan fingerprint density at radius 2 is 2.04 bits per heavy atom. The minimum Gasteiger partial charge on any atom is -0.441 e. The molecular formula is C19H15Cl2N3O4. The van der Waals surface area contributed by atoms with Gasteiger partial charge < -0.3 is 9.73 Å². The number of carbonyl (C=O) groups excluding carboxylic acids is 1. The van der Waals surface area contributed by atoms with Gasteiger partial charge in [-0.15, -0.1) is 0 Å². The molecule has 1 N–H and O–H groups in total. The Morgan fingerprint density at radius 3 is 2.75 bits per heavy atom. The largest absolute Gasteiger partial charge is 0.441 e. The van der Waals surface area contributed by atoms with Gasteiger partial charge in [0, 0.05) is 40.7 Å². The lowest BCUT2D eigenvalue weighted by Crippen LogP contribution is -2.12. The molecule has 0 saturated carbocycles. The lowest BCUT2D eigenvalue weighted by atomic mass is 10.2. The summed E-state index contributed by atoms with van der Waals surface area (Å²) in [5.41, 5.74) is 1.50. The zero-order chi connectivity index (χ0) is 20.3. The molecule has 3 rings (SSSR count). The van der Waals surface area contributed by atoms with Crippen molar-refractivity contribution in [3.05, 3.63) is 74.2 Å². The number of hydrogen-bond acceptors (Lipinski definition) is 5. The SMILES string of the molecule is Cc1ccc(NC(=O)CCc2ncc(-c3ccc(Cl)cc3Cl)o2)cc1[N+](=O)[O-]. The Bertz CT molecular complexity index is 1050. The fraction of sp³-hybridized carbons (Fsp3) is 0.158. The summed E-state index contributed by atoms with van der Waals surface area (Å²) >= 11 is 12.0. The van der Waals surface area contributed by atoms with Crippen molar-refractivity contribution >= 4 is 40.5 Å². The second-order valence-electron chi connectivity index (χ2n) is 6.05. The van der Waals surface area contributed by atoms with E-state index in [1.54, 1.807) is 37.3 Å². The van der Waals surface area contributed by atoms with Crippen molar-refractivity contribution in [3.63, 3.8) is 0 Å². The fourth-order valence-corrected chi connectivity index (χ4v) is 3.07. The lowest BCUT2D eigenvalue weighted by Gasteiger charge is -2.05. The topological polar surface area (TPSA) is 98.3 Å². The first-order valence-electron chi connectivity index (χ1n) is 8.28. The van der Waals surface area contributed by atoms with Gasteiger partial charge in [0.15, 0.2) is 11.7 Å². The maximum atomic E-state index is 12.1. The van der Waals surface area contributed by atoms with E-state index >= 15 is 0 Å². The van der Waals surface area contributed by atoms with E-state index in [-0.39, 0.29) is 24.4 Å². The van der Waals surface area contributed by atoms with Gasteiger partial charge in [-0.25, -0.2) is 4.98 Å². The van der Waals surface area contributed by atoms with E-state index in [2.05, 4.69) is 10.3 Å². The van der Waals surface area contributed by atoms with Gasteiger partial charge in [-0.2, -0.15) is 0 Å². The molecule has 0 unspecified atom stereocenters. The number of anilines is 1. The number of nitro groups is 1. The summed E-state index contributed by atoms with van der Waals surface area (Å²) in [7, 11) is 0. The van der Waals surface area contributed by atoms with E-state index in [1.807, 2.05) is 0 Å². The number of amides is 1. The van der Waals surface area contributed by atoms with Gasteiger partial charge in [0.25, 0.3) is 5.69 Å². The Balaban J connectivity index is 1.62. The van der Waals surface area contributed by atoms with Crippen LogP contribution in [0.15, 0.2) is 47.0 Å². The van der Waals surface area contributed by atoms with Crippen LogP contribution in [0.1, 0.15) is 17.9 Å². The second-order valence-corrected chi connectivity index (χ2v) is 6.89. The molecule has 144 valence electrons. The molecule has 0 atom stereocenters. The molecule has 0 aliphatic heterocycles. The number of nitrogens with one attached hydrogen (secondary N) is 1. The highest BCUT2D eigenvalue weighted by atomic mass is 35.5. The number of rotatable bonds is 6. The van der Waals surface area contributed by atoms with E-state index < -0.39 is 4.92 Å². The predicted molar refractivity (Wildman–Crippen MR) is 107 cm³/mol. The first kappa shape index (κ1) is 19.9. The summed E-state index contributed by atoms with van der Waals surface area (Å²) < 4.78 is 5.65. The third-order valence-corrected chi connectivity index (χ3v) is 4.55. The summed E-state index contributed by atoms with van der Waals surface area (Å²) in [5, 5.41) is 14.6. The second kappa shape index (κ2) is 8.41. The number of hydrogen-bond donors (Lipinski definition) is 1. The zero-order valence-corrected chi connectivity index (χ0v) is 16.3. The fourth-order valence-electron chi connectivity index (χ4n) is 2.57. The first-order valence-corrected chi connectivity index (χ1v) is 9.04. The first-order chi connectivity index (χ1) is 13.3. The number of aromatic nitrogens is 1. The van der Waals surface area contributed by atoms with Crippen molar-refractivity contribution in [2.75, 3.05) is 5.32 Å². The van der Waals surface area contributed by atoms with Crippen LogP contribution in [-0.2, 0) is 11.2 Å². The van der Waals surface area contributed by atoms with Crippen molar-refractivity contribution in [1.82, 2.24) is 4.98 Å². The molecule has 1 aromatic heterocycles. The lowest BCUT2D eigenvalue weighted by molar-refractivity contribution is -0.385. The summed E-state index contributed by atoms with van der Waals surface area (Å²) in [6, 6.07) is 9.56. The van der Waals surface area contributed by atoms with Gasteiger partial charge in [-0.05, 0) is 31.2 Å². The molecule has 2 aromatic carbocycles. The molecule has 3 aromatic rings. The predicted octanol–water partition coefficient (Wildman–Crippen LogP) is 5.44. The standard InChI is InChI=1S/C19H15Cl2N3O4/c1-11-2-4-13(9-16(11)24(26)27)23-18(25)6-7-19-22-10-17(28-19)14-5-3-12(20)8-15(14)21/h2-5,8-10H,6-7H2,1H3,(H,23,25). The molecule has 0 fully saturated rings. The minimum atomic E-state index is -0.485. The molecule has 7 nitrogen and oxygen atoms in total. The molecule has 1 amide bonds. The zero-order valence-electron chi connectivity index (χ0n) is 14.7. The van der Waals surface area contributed by atoms with Crippen LogP contribution in [0.5, 0.6) is 0 Å². The van der Waals surface area contributed by atoms with Gasteiger partial charge >= 0.3 is 0 Å². The summed E-state index contributed by atoms with van der Waals surface area (Å²) in [6.45, 7) is 1.64. The average molecular weight is 420 g/mol. The van der Waals surface area contributed by atoms with Gasteiger partial charge in [0.2, 0.25) is 5.91 Å². The maximum Gasteiger partial charge on any atom is 0.274 e. The van der Waals surface area contributed by atoms with Crippen LogP contribution in [0.4, 0.5) is 11.4 Å². The number of nitrogens with zero attached hydrogens (tertiary/aromatic N) is 2. The normalized spacial score (nSPS) is 10.7. The van der Waals surface area contributed by atoms with Crippen LogP contribution in [0.25, 0.3) is 11.3 Å². The highest BCUT2D eigenvalue weighted by Crippen LogP contribution is 2.31. The Labute approximate surface area is 170 Å². The summed E-state index contributed by atoms with van der Waals surface area (Å²) in [6.07, 6.45) is 1.91. The van der Waals surface area contributed by atoms with E-state index in [4.69, 9.17) is 27.6 Å². The number of halogens is 2. The van der Waals surface area contributed by atoms with Gasteiger partial charge in [0.1, 0.15) is 0 Å². The summed E-state index contributed by atoms with van der Waals surface area (Å²) in [5.74, 6) is 0.555. The van der Waals surface area contributed by atoms with Crippen LogP contribution in [0.3, 0.4) is 0 Å². The van der Waals surface area contributed by atoms with E-state index in [9.17, 15) is 14.9 Å². The quantitative estimate of drug-likeness (QED) is 0.423. The monoisotopic (exact) mass is 419 g/mol. The van der Waals surface area contributed by atoms with Crippen molar-refractivity contribution in [3.8, 4) is 11.3 Å². The highest BCUT2D eigenvalue weighted by Gasteiger charge is 2.14. The Morgan fingerprint density at radius 1 is 1.25 bits per heavy atom. The minimum absolute atomic E-state index is 0.0463. The third-order valence-electron chi connectivity index (χ3n) is 4.01. The van der Waals surface area contributed by atoms with Gasteiger partial charge in [-0.3, -0.25) is 14.9 Å². The number of benzene rings is 2. The van der Waals surface area contributed by atoms with Crippen molar-refractivity contribution in [2.45, 2.75) is 19.8 Å². The van der Waals surface area contributed by atoms with Crippen LogP contribution in [0.2, 0.25) is 10.0 Å². The van der Waals surface area contributed by atoms with Crippen LogP contribution < -0.4 is 5.32 Å².